The summed E-state index contributed by atoms with van der Waals surface area (Å²) in [5.74, 6) is 1.25. The van der Waals surface area contributed by atoms with Crippen molar-refractivity contribution in [2.75, 3.05) is 7.11 Å². The number of fused-ring (bicyclic) bond motifs is 1. The number of ether oxygens (including phenoxy) is 1. The van der Waals surface area contributed by atoms with E-state index in [-0.39, 0.29) is 5.91 Å². The number of benzene rings is 2. The highest BCUT2D eigenvalue weighted by Gasteiger charge is 2.10. The number of hydrogen-bond donors (Lipinski definition) is 2. The molecule has 0 aliphatic carbocycles. The van der Waals surface area contributed by atoms with Crippen molar-refractivity contribution >= 4 is 16.9 Å². The summed E-state index contributed by atoms with van der Waals surface area (Å²) in [5.41, 5.74) is 3.35. The highest BCUT2D eigenvalue weighted by atomic mass is 16.5. The molecular weight excluding hydrogens is 342 g/mol. The van der Waals surface area contributed by atoms with E-state index in [1.807, 2.05) is 48.5 Å². The van der Waals surface area contributed by atoms with Gasteiger partial charge in [-0.3, -0.25) is 9.48 Å². The molecule has 0 saturated heterocycles. The Balaban J connectivity index is 1.39. The first-order chi connectivity index (χ1) is 13.2. The van der Waals surface area contributed by atoms with Gasteiger partial charge in [-0.1, -0.05) is 30.3 Å². The topological polar surface area (TPSA) is 84.8 Å². The summed E-state index contributed by atoms with van der Waals surface area (Å²) in [6.45, 7) is 0.930. The number of carbonyl (C=O) groups is 1. The molecule has 0 bridgehead atoms. The molecular formula is C20H19N5O2. The Morgan fingerprint density at radius 3 is 2.89 bits per heavy atom. The molecule has 7 heteroatoms. The summed E-state index contributed by atoms with van der Waals surface area (Å²) in [7, 11) is 1.62. The van der Waals surface area contributed by atoms with Crippen molar-refractivity contribution in [1.29, 1.82) is 0 Å². The van der Waals surface area contributed by atoms with Gasteiger partial charge in [0, 0.05) is 12.3 Å². The van der Waals surface area contributed by atoms with Crippen LogP contribution < -0.4 is 10.1 Å². The first-order valence-corrected chi connectivity index (χ1v) is 8.58. The van der Waals surface area contributed by atoms with E-state index in [9.17, 15) is 4.79 Å². The van der Waals surface area contributed by atoms with Crippen LogP contribution in [0, 0.1) is 0 Å². The van der Waals surface area contributed by atoms with Gasteiger partial charge in [0.2, 0.25) is 0 Å². The lowest BCUT2D eigenvalue weighted by Crippen LogP contribution is -2.23. The van der Waals surface area contributed by atoms with Crippen LogP contribution in [0.5, 0.6) is 5.75 Å². The number of methoxy groups -OCH3 is 1. The molecule has 2 aromatic heterocycles. The van der Waals surface area contributed by atoms with Crippen molar-refractivity contribution in [3.05, 3.63) is 77.9 Å². The maximum atomic E-state index is 12.4. The van der Waals surface area contributed by atoms with E-state index in [1.165, 1.54) is 0 Å². The van der Waals surface area contributed by atoms with Crippen LogP contribution >= 0.6 is 0 Å². The third kappa shape index (κ3) is 3.82. The summed E-state index contributed by atoms with van der Waals surface area (Å²) in [5, 5.41) is 7.12. The number of carbonyl (C=O) groups excluding carboxylic acids is 1. The Labute approximate surface area is 156 Å². The molecule has 0 unspecified atom stereocenters. The molecule has 0 atom stereocenters. The van der Waals surface area contributed by atoms with Gasteiger partial charge < -0.3 is 15.0 Å². The smallest absolute Gasteiger partial charge is 0.254 e. The molecule has 0 radical (unpaired) electrons. The van der Waals surface area contributed by atoms with Crippen LogP contribution in [0.2, 0.25) is 0 Å². The van der Waals surface area contributed by atoms with Crippen molar-refractivity contribution in [3.63, 3.8) is 0 Å². The van der Waals surface area contributed by atoms with E-state index in [2.05, 4.69) is 20.4 Å². The van der Waals surface area contributed by atoms with E-state index in [1.54, 1.807) is 24.2 Å². The Morgan fingerprint density at radius 2 is 2.07 bits per heavy atom. The quantitative estimate of drug-likeness (QED) is 0.553. The molecule has 7 nitrogen and oxygen atoms in total. The molecule has 2 N–H and O–H groups in total. The molecule has 2 heterocycles. The van der Waals surface area contributed by atoms with Crippen LogP contribution in [-0.4, -0.2) is 32.8 Å². The monoisotopic (exact) mass is 361 g/mol. The van der Waals surface area contributed by atoms with Gasteiger partial charge >= 0.3 is 0 Å². The average Bonchev–Trinajstić information content (AvgIpc) is 3.33. The fraction of sp³-hybridized carbons (Fsp3) is 0.150. The molecule has 0 spiro atoms. The van der Waals surface area contributed by atoms with Gasteiger partial charge in [0.25, 0.3) is 5.91 Å². The van der Waals surface area contributed by atoms with Gasteiger partial charge in [0.1, 0.15) is 11.6 Å². The number of H-pyrrole nitrogens is 1. The average molecular weight is 361 g/mol. The van der Waals surface area contributed by atoms with E-state index in [4.69, 9.17) is 4.74 Å². The number of nitrogens with one attached hydrogen (secondary N) is 2. The van der Waals surface area contributed by atoms with Crippen molar-refractivity contribution in [1.82, 2.24) is 25.1 Å². The summed E-state index contributed by atoms with van der Waals surface area (Å²) < 4.78 is 6.95. The van der Waals surface area contributed by atoms with Gasteiger partial charge in [-0.15, -0.1) is 0 Å². The molecule has 2 aromatic carbocycles. The first-order valence-electron chi connectivity index (χ1n) is 8.58. The fourth-order valence-electron chi connectivity index (χ4n) is 2.86. The standard InChI is InChI=1S/C20H19N5O2/c1-27-16-7-8-17-18(9-16)24-19(23-17)11-21-20(26)15-10-22-25(13-15)12-14-5-3-2-4-6-14/h2-10,13H,11-12H2,1H3,(H,21,26)(H,23,24). The zero-order valence-corrected chi connectivity index (χ0v) is 14.8. The lowest BCUT2D eigenvalue weighted by molar-refractivity contribution is 0.0950. The summed E-state index contributed by atoms with van der Waals surface area (Å²) in [6, 6.07) is 15.6. The van der Waals surface area contributed by atoms with Gasteiger partial charge in [0.05, 0.1) is 43.0 Å². The molecule has 4 rings (SSSR count). The number of aromatic amines is 1. The number of aromatic nitrogens is 4. The van der Waals surface area contributed by atoms with Crippen molar-refractivity contribution < 1.29 is 9.53 Å². The highest BCUT2D eigenvalue weighted by molar-refractivity contribution is 5.93. The molecule has 27 heavy (non-hydrogen) atoms. The molecule has 136 valence electrons. The van der Waals surface area contributed by atoms with Crippen LogP contribution in [-0.2, 0) is 13.1 Å². The Morgan fingerprint density at radius 1 is 1.22 bits per heavy atom. The van der Waals surface area contributed by atoms with Crippen molar-refractivity contribution in [3.8, 4) is 5.75 Å². The maximum absolute atomic E-state index is 12.4. The van der Waals surface area contributed by atoms with Crippen LogP contribution in [0.25, 0.3) is 11.0 Å². The SMILES string of the molecule is COc1ccc2nc(CNC(=O)c3cnn(Cc4ccccc4)c3)[nH]c2c1. The van der Waals surface area contributed by atoms with E-state index in [0.29, 0.717) is 24.5 Å². The first kappa shape index (κ1) is 16.8. The normalized spacial score (nSPS) is 10.9. The zero-order chi connectivity index (χ0) is 18.6. The Bertz CT molecular complexity index is 1070. The summed E-state index contributed by atoms with van der Waals surface area (Å²) in [6.07, 6.45) is 3.31. The Kier molecular flexibility index (Phi) is 4.57. The lowest BCUT2D eigenvalue weighted by atomic mass is 10.2. The van der Waals surface area contributed by atoms with Crippen LogP contribution in [0.1, 0.15) is 21.7 Å². The minimum absolute atomic E-state index is 0.188. The summed E-state index contributed by atoms with van der Waals surface area (Å²) >= 11 is 0. The van der Waals surface area contributed by atoms with Gasteiger partial charge in [-0.05, 0) is 17.7 Å². The van der Waals surface area contributed by atoms with E-state index >= 15 is 0 Å². The van der Waals surface area contributed by atoms with Crippen LogP contribution in [0.15, 0.2) is 60.9 Å². The Hall–Kier alpha value is -3.61. The molecule has 0 fully saturated rings. The number of rotatable bonds is 6. The second-order valence-corrected chi connectivity index (χ2v) is 6.16. The van der Waals surface area contributed by atoms with E-state index < -0.39 is 0 Å². The third-order valence-electron chi connectivity index (χ3n) is 4.24. The third-order valence-corrected chi connectivity index (χ3v) is 4.24. The number of nitrogens with zero attached hydrogens (tertiary/aromatic N) is 3. The largest absolute Gasteiger partial charge is 0.497 e. The number of amides is 1. The maximum Gasteiger partial charge on any atom is 0.254 e. The predicted molar refractivity (Wildman–Crippen MR) is 102 cm³/mol. The molecule has 0 saturated carbocycles. The fourth-order valence-corrected chi connectivity index (χ4v) is 2.86. The van der Waals surface area contributed by atoms with Gasteiger partial charge in [-0.25, -0.2) is 4.98 Å². The minimum Gasteiger partial charge on any atom is -0.497 e. The lowest BCUT2D eigenvalue weighted by Gasteiger charge is -2.02. The second-order valence-electron chi connectivity index (χ2n) is 6.16. The second kappa shape index (κ2) is 7.33. The van der Waals surface area contributed by atoms with Gasteiger partial charge in [0.15, 0.2) is 0 Å². The molecule has 0 aliphatic heterocycles. The minimum atomic E-state index is -0.188. The zero-order valence-electron chi connectivity index (χ0n) is 14.8. The highest BCUT2D eigenvalue weighted by Crippen LogP contribution is 2.18. The summed E-state index contributed by atoms with van der Waals surface area (Å²) in [4.78, 5) is 20.0. The molecule has 4 aromatic rings. The van der Waals surface area contributed by atoms with Crippen molar-refractivity contribution in [2.45, 2.75) is 13.1 Å². The number of hydrogen-bond acceptors (Lipinski definition) is 4. The van der Waals surface area contributed by atoms with Crippen molar-refractivity contribution in [2.24, 2.45) is 0 Å². The molecule has 1 amide bonds. The number of imidazole rings is 1. The van der Waals surface area contributed by atoms with Crippen LogP contribution in [0.3, 0.4) is 0 Å². The predicted octanol–water partition coefficient (Wildman–Crippen LogP) is 2.75. The van der Waals surface area contributed by atoms with Gasteiger partial charge in [-0.2, -0.15) is 5.10 Å². The van der Waals surface area contributed by atoms with E-state index in [0.717, 1.165) is 22.3 Å². The molecule has 0 aliphatic rings. The van der Waals surface area contributed by atoms with Crippen LogP contribution in [0.4, 0.5) is 0 Å².